The standard InChI is InChI=1S/C5H10NO3/c7-4-2-1-3-6-5(4,8)9/h4,7-9H,1-3H2. The molecule has 4 nitrogen and oxygen atoms in total. The van der Waals surface area contributed by atoms with Crippen molar-refractivity contribution in [1.29, 1.82) is 0 Å². The Balaban J connectivity index is 2.49. The highest BCUT2D eigenvalue weighted by molar-refractivity contribution is 4.77. The Morgan fingerprint density at radius 1 is 1.44 bits per heavy atom. The van der Waals surface area contributed by atoms with E-state index in [-0.39, 0.29) is 0 Å². The highest BCUT2D eigenvalue weighted by Crippen LogP contribution is 2.14. The minimum Gasteiger partial charge on any atom is -0.386 e. The van der Waals surface area contributed by atoms with Gasteiger partial charge in [-0.05, 0) is 12.8 Å². The van der Waals surface area contributed by atoms with Crippen molar-refractivity contribution < 1.29 is 15.3 Å². The van der Waals surface area contributed by atoms with E-state index in [1.54, 1.807) is 0 Å². The fourth-order valence-electron chi connectivity index (χ4n) is 0.827. The third-order valence-corrected chi connectivity index (χ3v) is 1.43. The number of hydrogen-bond acceptors (Lipinski definition) is 3. The van der Waals surface area contributed by atoms with Crippen LogP contribution in [0.3, 0.4) is 0 Å². The van der Waals surface area contributed by atoms with Gasteiger partial charge in [-0.1, -0.05) is 0 Å². The lowest BCUT2D eigenvalue weighted by Gasteiger charge is -2.30. The van der Waals surface area contributed by atoms with Gasteiger partial charge in [-0.15, -0.1) is 0 Å². The quantitative estimate of drug-likeness (QED) is 0.347. The first-order valence-electron chi connectivity index (χ1n) is 2.94. The van der Waals surface area contributed by atoms with Gasteiger partial charge in [-0.25, -0.2) is 0 Å². The van der Waals surface area contributed by atoms with Crippen LogP contribution in [0, 0.1) is 0 Å². The number of aliphatic hydroxyl groups is 3. The number of piperidine rings is 1. The summed E-state index contributed by atoms with van der Waals surface area (Å²) < 4.78 is 0. The van der Waals surface area contributed by atoms with Crippen molar-refractivity contribution in [1.82, 2.24) is 5.32 Å². The van der Waals surface area contributed by atoms with Gasteiger partial charge in [-0.3, -0.25) is 0 Å². The van der Waals surface area contributed by atoms with E-state index in [2.05, 4.69) is 5.32 Å². The van der Waals surface area contributed by atoms with Crippen molar-refractivity contribution in [2.45, 2.75) is 24.9 Å². The van der Waals surface area contributed by atoms with Crippen LogP contribution in [0.2, 0.25) is 0 Å². The minimum absolute atomic E-state index is 0.413. The Labute approximate surface area is 53.1 Å². The number of aliphatic hydroxyl groups excluding tert-OH is 1. The van der Waals surface area contributed by atoms with Gasteiger partial charge in [-0.2, -0.15) is 5.32 Å². The molecule has 0 aromatic carbocycles. The molecule has 0 saturated carbocycles. The summed E-state index contributed by atoms with van der Waals surface area (Å²) in [5.41, 5.74) is 0. The maximum Gasteiger partial charge on any atom is 0.265 e. The van der Waals surface area contributed by atoms with Crippen LogP contribution in [-0.2, 0) is 0 Å². The van der Waals surface area contributed by atoms with Gasteiger partial charge in [0, 0.05) is 6.54 Å². The first kappa shape index (κ1) is 6.95. The summed E-state index contributed by atoms with van der Waals surface area (Å²) in [5.74, 6) is -2.18. The second-order valence-corrected chi connectivity index (χ2v) is 2.23. The van der Waals surface area contributed by atoms with Gasteiger partial charge in [0.1, 0.15) is 6.10 Å². The van der Waals surface area contributed by atoms with Crippen LogP contribution in [0.15, 0.2) is 0 Å². The zero-order valence-corrected chi connectivity index (χ0v) is 4.99. The Kier molecular flexibility index (Phi) is 1.72. The molecular weight excluding hydrogens is 122 g/mol. The molecule has 0 bridgehead atoms. The average Bonchev–Trinajstić information content (AvgIpc) is 1.77. The lowest BCUT2D eigenvalue weighted by Crippen LogP contribution is -2.53. The predicted octanol–water partition coefficient (Wildman–Crippen LogP) is -1.62. The van der Waals surface area contributed by atoms with Crippen LogP contribution >= 0.6 is 0 Å². The number of rotatable bonds is 0. The normalized spacial score (nSPS) is 34.3. The summed E-state index contributed by atoms with van der Waals surface area (Å²) in [4.78, 5) is 0. The van der Waals surface area contributed by atoms with Crippen LogP contribution in [0.25, 0.3) is 0 Å². The van der Waals surface area contributed by atoms with Crippen LogP contribution in [0.1, 0.15) is 12.8 Å². The van der Waals surface area contributed by atoms with Crippen molar-refractivity contribution in [2.75, 3.05) is 6.54 Å². The number of nitrogens with zero attached hydrogens (tertiary/aromatic N) is 1. The summed E-state index contributed by atoms with van der Waals surface area (Å²) in [6.45, 7) is 0.421. The molecule has 1 radical (unpaired) electrons. The van der Waals surface area contributed by atoms with Crippen LogP contribution < -0.4 is 5.32 Å². The molecule has 1 aliphatic rings. The van der Waals surface area contributed by atoms with E-state index in [0.29, 0.717) is 13.0 Å². The Morgan fingerprint density at radius 2 is 2.11 bits per heavy atom. The second kappa shape index (κ2) is 2.22. The third kappa shape index (κ3) is 1.40. The zero-order valence-electron chi connectivity index (χ0n) is 4.99. The summed E-state index contributed by atoms with van der Waals surface area (Å²) in [5, 5.41) is 29.8. The summed E-state index contributed by atoms with van der Waals surface area (Å²) in [6.07, 6.45) is 0.0341. The van der Waals surface area contributed by atoms with Gasteiger partial charge in [0.2, 0.25) is 0 Å². The van der Waals surface area contributed by atoms with Gasteiger partial charge >= 0.3 is 0 Å². The maximum atomic E-state index is 8.84. The lowest BCUT2D eigenvalue weighted by molar-refractivity contribution is -0.258. The molecule has 0 amide bonds. The van der Waals surface area contributed by atoms with E-state index in [9.17, 15) is 0 Å². The van der Waals surface area contributed by atoms with Gasteiger partial charge in [0.25, 0.3) is 5.91 Å². The molecule has 1 unspecified atom stereocenters. The predicted molar refractivity (Wildman–Crippen MR) is 29.4 cm³/mol. The molecular formula is C5H10NO3. The highest BCUT2D eigenvalue weighted by atomic mass is 16.5. The van der Waals surface area contributed by atoms with E-state index in [1.807, 2.05) is 0 Å². The number of hydrogen-bond donors (Lipinski definition) is 3. The summed E-state index contributed by atoms with van der Waals surface area (Å²) >= 11 is 0. The van der Waals surface area contributed by atoms with E-state index in [0.717, 1.165) is 6.42 Å². The first-order valence-corrected chi connectivity index (χ1v) is 2.94. The molecule has 4 heteroatoms. The molecule has 1 aliphatic heterocycles. The zero-order chi connectivity index (χ0) is 6.91. The van der Waals surface area contributed by atoms with Crippen molar-refractivity contribution >= 4 is 0 Å². The van der Waals surface area contributed by atoms with E-state index < -0.39 is 12.0 Å². The van der Waals surface area contributed by atoms with E-state index >= 15 is 0 Å². The summed E-state index contributed by atoms with van der Waals surface area (Å²) in [6, 6.07) is 0. The van der Waals surface area contributed by atoms with Crippen LogP contribution in [0.4, 0.5) is 0 Å². The van der Waals surface area contributed by atoms with Gasteiger partial charge in [0.05, 0.1) is 0 Å². The molecule has 0 aromatic rings. The molecule has 0 aliphatic carbocycles. The van der Waals surface area contributed by atoms with Crippen molar-refractivity contribution in [3.8, 4) is 0 Å². The van der Waals surface area contributed by atoms with Gasteiger partial charge in [0.15, 0.2) is 0 Å². The monoisotopic (exact) mass is 132 g/mol. The third-order valence-electron chi connectivity index (χ3n) is 1.43. The minimum atomic E-state index is -2.18. The molecule has 0 aromatic heterocycles. The average molecular weight is 132 g/mol. The largest absolute Gasteiger partial charge is 0.386 e. The highest BCUT2D eigenvalue weighted by Gasteiger charge is 2.36. The van der Waals surface area contributed by atoms with Crippen molar-refractivity contribution in [3.63, 3.8) is 0 Å². The molecule has 0 spiro atoms. The topological polar surface area (TPSA) is 74.8 Å². The molecule has 1 atom stereocenters. The van der Waals surface area contributed by atoms with Crippen LogP contribution in [0.5, 0.6) is 0 Å². The molecule has 3 N–H and O–H groups in total. The first-order chi connectivity index (χ1) is 4.13. The SMILES string of the molecule is OC1CCC[N]C1(O)O. The second-order valence-electron chi connectivity index (χ2n) is 2.23. The van der Waals surface area contributed by atoms with Crippen molar-refractivity contribution in [2.24, 2.45) is 0 Å². The Bertz CT molecular complexity index is 104. The Morgan fingerprint density at radius 3 is 2.44 bits per heavy atom. The lowest BCUT2D eigenvalue weighted by atomic mass is 10.1. The molecule has 9 heavy (non-hydrogen) atoms. The smallest absolute Gasteiger partial charge is 0.265 e. The van der Waals surface area contributed by atoms with Crippen molar-refractivity contribution in [3.05, 3.63) is 0 Å². The van der Waals surface area contributed by atoms with Crippen LogP contribution in [-0.4, -0.2) is 33.9 Å². The fraction of sp³-hybridized carbons (Fsp3) is 1.00. The van der Waals surface area contributed by atoms with E-state index in [4.69, 9.17) is 15.3 Å². The molecule has 1 saturated heterocycles. The van der Waals surface area contributed by atoms with Gasteiger partial charge < -0.3 is 15.3 Å². The Hall–Kier alpha value is -0.160. The molecule has 1 rings (SSSR count). The summed E-state index contributed by atoms with van der Waals surface area (Å²) in [7, 11) is 0. The maximum absolute atomic E-state index is 8.84. The molecule has 1 heterocycles. The molecule has 53 valence electrons. The fourth-order valence-corrected chi connectivity index (χ4v) is 0.827. The molecule has 1 fully saturated rings. The van der Waals surface area contributed by atoms with E-state index in [1.165, 1.54) is 0 Å².